The molecule has 1 aliphatic carbocycles. The third-order valence-corrected chi connectivity index (χ3v) is 5.19. The van der Waals surface area contributed by atoms with Gasteiger partial charge in [-0.05, 0) is 61.9 Å². The van der Waals surface area contributed by atoms with E-state index in [1.54, 1.807) is 31.2 Å². The molecule has 0 unspecified atom stereocenters. The minimum Gasteiger partial charge on any atom is -0.466 e. The zero-order chi connectivity index (χ0) is 19.0. The summed E-state index contributed by atoms with van der Waals surface area (Å²) in [5.41, 5.74) is 2.63. The summed E-state index contributed by atoms with van der Waals surface area (Å²) in [6, 6.07) is 4.91. The average Bonchev–Trinajstić information content (AvgIpc) is 2.86. The molecule has 0 saturated heterocycles. The van der Waals surface area contributed by atoms with Gasteiger partial charge in [-0.2, -0.15) is 0 Å². The van der Waals surface area contributed by atoms with Crippen molar-refractivity contribution in [3.8, 4) is 0 Å². The second kappa shape index (κ2) is 7.08. The van der Waals surface area contributed by atoms with E-state index in [-0.39, 0.29) is 11.8 Å². The summed E-state index contributed by atoms with van der Waals surface area (Å²) in [6.07, 6.45) is 3.77. The molecule has 0 N–H and O–H groups in total. The number of hydrogen-bond donors (Lipinski definition) is 0. The predicted octanol–water partition coefficient (Wildman–Crippen LogP) is 3.91. The molecule has 6 heteroatoms. The molecule has 1 heterocycles. The number of halogens is 1. The molecule has 0 aromatic heterocycles. The maximum Gasteiger partial charge on any atom is 0.333 e. The molecular formula is C20H20ClNO4. The lowest BCUT2D eigenvalue weighted by atomic mass is 9.86. The van der Waals surface area contributed by atoms with E-state index < -0.39 is 5.97 Å². The summed E-state index contributed by atoms with van der Waals surface area (Å²) in [7, 11) is 1.30. The summed E-state index contributed by atoms with van der Waals surface area (Å²) in [6.45, 7) is 3.70. The molecule has 1 aliphatic heterocycles. The van der Waals surface area contributed by atoms with Crippen LogP contribution < -0.4 is 4.90 Å². The fourth-order valence-electron chi connectivity index (χ4n) is 3.40. The molecule has 5 nitrogen and oxygen atoms in total. The number of carbonyl (C=O) groups excluding carboxylic acids is 3. The quantitative estimate of drug-likeness (QED) is 0.458. The van der Waals surface area contributed by atoms with Crippen LogP contribution in [0.2, 0.25) is 5.02 Å². The Morgan fingerprint density at radius 1 is 1.27 bits per heavy atom. The zero-order valence-corrected chi connectivity index (χ0v) is 15.7. The Labute approximate surface area is 157 Å². The lowest BCUT2D eigenvalue weighted by Crippen LogP contribution is -2.31. The predicted molar refractivity (Wildman–Crippen MR) is 99.7 cm³/mol. The molecule has 136 valence electrons. The Balaban J connectivity index is 1.96. The second-order valence-electron chi connectivity index (χ2n) is 6.78. The van der Waals surface area contributed by atoms with Crippen molar-refractivity contribution in [2.45, 2.75) is 33.1 Å². The van der Waals surface area contributed by atoms with Gasteiger partial charge >= 0.3 is 5.97 Å². The molecule has 2 aliphatic rings. The van der Waals surface area contributed by atoms with Gasteiger partial charge < -0.3 is 4.74 Å². The molecular weight excluding hydrogens is 354 g/mol. The normalized spacial score (nSPS) is 20.5. The maximum atomic E-state index is 12.8. The van der Waals surface area contributed by atoms with Gasteiger partial charge in [0.2, 0.25) is 0 Å². The Morgan fingerprint density at radius 2 is 1.96 bits per heavy atom. The standard InChI is InChI=1S/C20H20ClNO4/c1-11-4-6-15-16(8-11)19(24)22(18(15)23)14-5-7-17(21)13(10-14)9-12(2)20(25)26-3/h5,7,9-11H,4,6,8H2,1-3H3/b12-9+/t11-/m1/s1. The summed E-state index contributed by atoms with van der Waals surface area (Å²) in [5.74, 6) is -0.569. The van der Waals surface area contributed by atoms with Crippen LogP contribution in [0.1, 0.15) is 38.7 Å². The molecule has 26 heavy (non-hydrogen) atoms. The number of anilines is 1. The third kappa shape index (κ3) is 3.19. The van der Waals surface area contributed by atoms with Gasteiger partial charge in [-0.1, -0.05) is 18.5 Å². The number of hydrogen-bond acceptors (Lipinski definition) is 4. The summed E-state index contributed by atoms with van der Waals surface area (Å²) < 4.78 is 4.69. The van der Waals surface area contributed by atoms with Crippen molar-refractivity contribution >= 4 is 41.1 Å². The first kappa shape index (κ1) is 18.4. The van der Waals surface area contributed by atoms with Crippen LogP contribution in [0, 0.1) is 5.92 Å². The summed E-state index contributed by atoms with van der Waals surface area (Å²) in [4.78, 5) is 38.4. The molecule has 0 saturated carbocycles. The Kier molecular flexibility index (Phi) is 5.01. The first-order chi connectivity index (χ1) is 12.3. The van der Waals surface area contributed by atoms with Crippen molar-refractivity contribution in [2.75, 3.05) is 12.0 Å². The molecule has 2 amide bonds. The number of esters is 1. The van der Waals surface area contributed by atoms with E-state index in [0.717, 1.165) is 6.42 Å². The number of imide groups is 1. The monoisotopic (exact) mass is 373 g/mol. The largest absolute Gasteiger partial charge is 0.466 e. The average molecular weight is 374 g/mol. The maximum absolute atomic E-state index is 12.8. The van der Waals surface area contributed by atoms with Crippen LogP contribution in [0.3, 0.4) is 0 Å². The second-order valence-corrected chi connectivity index (χ2v) is 7.18. The van der Waals surface area contributed by atoms with E-state index in [0.29, 0.717) is 51.8 Å². The molecule has 0 fully saturated rings. The molecule has 0 radical (unpaired) electrons. The highest BCUT2D eigenvalue weighted by molar-refractivity contribution is 6.34. The van der Waals surface area contributed by atoms with E-state index in [9.17, 15) is 14.4 Å². The molecule has 3 rings (SSSR count). The van der Waals surface area contributed by atoms with Crippen LogP contribution in [0.4, 0.5) is 5.69 Å². The SMILES string of the molecule is COC(=O)/C(C)=C/c1cc(N2C(=O)C3=C(C[C@H](C)CC3)C2=O)ccc1Cl. The van der Waals surface area contributed by atoms with Crippen LogP contribution in [0.5, 0.6) is 0 Å². The molecule has 1 aromatic rings. The summed E-state index contributed by atoms with van der Waals surface area (Å²) >= 11 is 6.21. The van der Waals surface area contributed by atoms with Crippen molar-refractivity contribution in [3.05, 3.63) is 45.5 Å². The highest BCUT2D eigenvalue weighted by Crippen LogP contribution is 2.38. The van der Waals surface area contributed by atoms with Crippen molar-refractivity contribution in [1.82, 2.24) is 0 Å². The van der Waals surface area contributed by atoms with Crippen LogP contribution in [-0.2, 0) is 19.1 Å². The Hall–Kier alpha value is -2.40. The van der Waals surface area contributed by atoms with Crippen molar-refractivity contribution < 1.29 is 19.1 Å². The number of nitrogens with zero attached hydrogens (tertiary/aromatic N) is 1. The lowest BCUT2D eigenvalue weighted by molar-refractivity contribution is -0.136. The van der Waals surface area contributed by atoms with Crippen LogP contribution in [-0.4, -0.2) is 24.9 Å². The number of benzene rings is 1. The number of methoxy groups -OCH3 is 1. The zero-order valence-electron chi connectivity index (χ0n) is 15.0. The fourth-order valence-corrected chi connectivity index (χ4v) is 3.57. The lowest BCUT2D eigenvalue weighted by Gasteiger charge is -2.17. The molecule has 1 atom stereocenters. The van der Waals surface area contributed by atoms with Crippen LogP contribution >= 0.6 is 11.6 Å². The highest BCUT2D eigenvalue weighted by atomic mass is 35.5. The van der Waals surface area contributed by atoms with Gasteiger partial charge in [0, 0.05) is 21.7 Å². The van der Waals surface area contributed by atoms with Gasteiger partial charge in [-0.15, -0.1) is 0 Å². The van der Waals surface area contributed by atoms with E-state index in [1.807, 2.05) is 0 Å². The topological polar surface area (TPSA) is 63.7 Å². The third-order valence-electron chi connectivity index (χ3n) is 4.84. The van der Waals surface area contributed by atoms with Crippen molar-refractivity contribution in [3.63, 3.8) is 0 Å². The van der Waals surface area contributed by atoms with E-state index >= 15 is 0 Å². The van der Waals surface area contributed by atoms with Gasteiger partial charge in [0.15, 0.2) is 0 Å². The number of rotatable bonds is 3. The minimum atomic E-state index is -0.467. The number of ether oxygens (including phenoxy) is 1. The van der Waals surface area contributed by atoms with Gasteiger partial charge in [0.25, 0.3) is 11.8 Å². The molecule has 0 bridgehead atoms. The number of amides is 2. The Morgan fingerprint density at radius 3 is 2.65 bits per heavy atom. The van der Waals surface area contributed by atoms with Crippen molar-refractivity contribution in [2.24, 2.45) is 5.92 Å². The van der Waals surface area contributed by atoms with Crippen LogP contribution in [0.25, 0.3) is 6.08 Å². The van der Waals surface area contributed by atoms with Gasteiger partial charge in [0.05, 0.1) is 12.8 Å². The smallest absolute Gasteiger partial charge is 0.333 e. The van der Waals surface area contributed by atoms with Gasteiger partial charge in [-0.3, -0.25) is 9.59 Å². The Bertz CT molecular complexity index is 869. The van der Waals surface area contributed by atoms with Gasteiger partial charge in [0.1, 0.15) is 0 Å². The fraction of sp³-hybridized carbons (Fsp3) is 0.350. The van der Waals surface area contributed by atoms with Crippen LogP contribution in [0.15, 0.2) is 34.9 Å². The van der Waals surface area contributed by atoms with E-state index in [4.69, 9.17) is 11.6 Å². The van der Waals surface area contributed by atoms with Gasteiger partial charge in [-0.25, -0.2) is 9.69 Å². The molecule has 1 aromatic carbocycles. The van der Waals surface area contributed by atoms with E-state index in [2.05, 4.69) is 11.7 Å². The minimum absolute atomic E-state index is 0.251. The first-order valence-electron chi connectivity index (χ1n) is 8.50. The number of carbonyl (C=O) groups is 3. The highest BCUT2D eigenvalue weighted by Gasteiger charge is 2.41. The molecule has 0 spiro atoms. The van der Waals surface area contributed by atoms with E-state index in [1.165, 1.54) is 12.0 Å². The first-order valence-corrected chi connectivity index (χ1v) is 8.88. The van der Waals surface area contributed by atoms with Crippen molar-refractivity contribution in [1.29, 1.82) is 0 Å². The summed E-state index contributed by atoms with van der Waals surface area (Å²) in [5, 5.41) is 0.419.